The summed E-state index contributed by atoms with van der Waals surface area (Å²) in [5.41, 5.74) is -0.195. The van der Waals surface area contributed by atoms with Gasteiger partial charge >= 0.3 is 11.9 Å². The number of phenolic OH excluding ortho intramolecular Hbond substituents is 1. The minimum absolute atomic E-state index is 0.00825. The van der Waals surface area contributed by atoms with Crippen LogP contribution in [0.25, 0.3) is 0 Å². The van der Waals surface area contributed by atoms with Crippen molar-refractivity contribution in [3.8, 4) is 5.75 Å². The minimum atomic E-state index is -1.38. The van der Waals surface area contributed by atoms with Gasteiger partial charge in [0, 0.05) is 0 Å². The standard InChI is InChI=1S/C22H30N2O8/c1-11(2)8-9-15-18(26)13(4)32-22(30)17(12(3)31-21(15)29)24-20(28)14-6-5-7-16(19(14)27)23-10-25/h5-7,10-13,15,17-18,26-27H,8-9H2,1-4H3,(H,23,25)(H,24,28). The molecule has 1 aliphatic rings. The SMILES string of the molecule is CC(C)CCC1C(=O)OC(C)C(NC(=O)c2cccc(NC=O)c2O)C(=O)OC(C)C1O. The average Bonchev–Trinajstić information content (AvgIpc) is 2.74. The second-order valence-corrected chi connectivity index (χ2v) is 8.27. The maximum atomic E-state index is 12.7. The number of ether oxygens (including phenoxy) is 2. The van der Waals surface area contributed by atoms with Crippen LogP contribution in [-0.2, 0) is 23.9 Å². The topological polar surface area (TPSA) is 151 Å². The smallest absolute Gasteiger partial charge is 0.332 e. The fourth-order valence-electron chi connectivity index (χ4n) is 3.43. The van der Waals surface area contributed by atoms with E-state index in [1.165, 1.54) is 32.0 Å². The van der Waals surface area contributed by atoms with Gasteiger partial charge in [-0.3, -0.25) is 14.4 Å². The number of cyclic esters (lactones) is 2. The Balaban J connectivity index is 2.26. The molecule has 1 saturated heterocycles. The Hall–Kier alpha value is -3.14. The molecule has 1 aromatic carbocycles. The molecule has 1 heterocycles. The number of hydrogen-bond acceptors (Lipinski definition) is 8. The largest absolute Gasteiger partial charge is 0.505 e. The van der Waals surface area contributed by atoms with E-state index in [2.05, 4.69) is 10.6 Å². The van der Waals surface area contributed by atoms with Crippen molar-refractivity contribution >= 4 is 29.9 Å². The molecule has 1 aliphatic heterocycles. The number of rotatable bonds is 7. The van der Waals surface area contributed by atoms with Crippen LogP contribution < -0.4 is 10.6 Å². The zero-order chi connectivity index (χ0) is 24.0. The highest BCUT2D eigenvalue weighted by Crippen LogP contribution is 2.28. The van der Waals surface area contributed by atoms with Crippen molar-refractivity contribution in [1.82, 2.24) is 5.32 Å². The van der Waals surface area contributed by atoms with E-state index >= 15 is 0 Å². The number of hydrogen-bond donors (Lipinski definition) is 4. The van der Waals surface area contributed by atoms with Gasteiger partial charge in [-0.05, 0) is 38.3 Å². The van der Waals surface area contributed by atoms with Crippen molar-refractivity contribution in [2.24, 2.45) is 11.8 Å². The first-order valence-corrected chi connectivity index (χ1v) is 10.5. The van der Waals surface area contributed by atoms with Gasteiger partial charge in [0.2, 0.25) is 6.41 Å². The van der Waals surface area contributed by atoms with Crippen molar-refractivity contribution in [2.75, 3.05) is 5.32 Å². The number of anilines is 1. The second kappa shape index (κ2) is 10.9. The quantitative estimate of drug-likeness (QED) is 0.276. The number of benzene rings is 1. The Morgan fingerprint density at radius 2 is 1.81 bits per heavy atom. The van der Waals surface area contributed by atoms with Gasteiger partial charge in [-0.2, -0.15) is 0 Å². The third-order valence-corrected chi connectivity index (χ3v) is 5.36. The van der Waals surface area contributed by atoms with Crippen molar-refractivity contribution in [2.45, 2.75) is 64.9 Å². The molecule has 4 N–H and O–H groups in total. The first-order chi connectivity index (χ1) is 15.1. The molecule has 1 aromatic rings. The Bertz CT molecular complexity index is 856. The Labute approximate surface area is 186 Å². The molecule has 10 heteroatoms. The van der Waals surface area contributed by atoms with Crippen molar-refractivity contribution in [3.63, 3.8) is 0 Å². The summed E-state index contributed by atoms with van der Waals surface area (Å²) in [6.45, 7) is 6.86. The predicted molar refractivity (Wildman–Crippen MR) is 114 cm³/mol. The number of esters is 2. The normalized spacial score (nSPS) is 26.2. The Morgan fingerprint density at radius 1 is 1.16 bits per heavy atom. The number of aromatic hydroxyl groups is 1. The molecule has 0 aromatic heterocycles. The number of nitrogens with one attached hydrogen (secondary N) is 2. The van der Waals surface area contributed by atoms with Crippen LogP contribution in [0.4, 0.5) is 5.69 Å². The van der Waals surface area contributed by atoms with E-state index in [9.17, 15) is 29.4 Å². The van der Waals surface area contributed by atoms with E-state index in [0.29, 0.717) is 25.2 Å². The molecule has 2 rings (SSSR count). The zero-order valence-corrected chi connectivity index (χ0v) is 18.5. The maximum absolute atomic E-state index is 12.7. The van der Waals surface area contributed by atoms with E-state index in [4.69, 9.17) is 9.47 Å². The van der Waals surface area contributed by atoms with E-state index < -0.39 is 53.9 Å². The summed E-state index contributed by atoms with van der Waals surface area (Å²) in [7, 11) is 0. The molecule has 5 atom stereocenters. The lowest BCUT2D eigenvalue weighted by Crippen LogP contribution is -2.50. The number of amides is 2. The van der Waals surface area contributed by atoms with Gasteiger partial charge < -0.3 is 30.3 Å². The lowest BCUT2D eigenvalue weighted by molar-refractivity contribution is -0.160. The molecule has 2 amide bonds. The highest BCUT2D eigenvalue weighted by atomic mass is 16.6. The van der Waals surface area contributed by atoms with Crippen molar-refractivity contribution in [1.29, 1.82) is 0 Å². The van der Waals surface area contributed by atoms with E-state index in [1.54, 1.807) is 0 Å². The number of para-hydroxylation sites is 1. The molecule has 176 valence electrons. The van der Waals surface area contributed by atoms with Gasteiger partial charge in [0.25, 0.3) is 5.91 Å². The molecule has 0 aliphatic carbocycles. The van der Waals surface area contributed by atoms with Gasteiger partial charge in [-0.25, -0.2) is 4.79 Å². The van der Waals surface area contributed by atoms with Crippen LogP contribution in [0.1, 0.15) is 50.9 Å². The molecule has 32 heavy (non-hydrogen) atoms. The van der Waals surface area contributed by atoms with Gasteiger partial charge in [0.15, 0.2) is 11.8 Å². The molecular formula is C22H30N2O8. The van der Waals surface area contributed by atoms with E-state index in [1.807, 2.05) is 13.8 Å². The molecule has 0 radical (unpaired) electrons. The number of aliphatic hydroxyl groups is 1. The first-order valence-electron chi connectivity index (χ1n) is 10.5. The molecular weight excluding hydrogens is 420 g/mol. The van der Waals surface area contributed by atoms with Crippen LogP contribution in [-0.4, -0.2) is 58.8 Å². The highest BCUT2D eigenvalue weighted by molar-refractivity contribution is 6.01. The van der Waals surface area contributed by atoms with Crippen LogP contribution >= 0.6 is 0 Å². The summed E-state index contributed by atoms with van der Waals surface area (Å²) in [5, 5.41) is 25.5. The summed E-state index contributed by atoms with van der Waals surface area (Å²) < 4.78 is 10.7. The maximum Gasteiger partial charge on any atom is 0.332 e. The molecule has 0 bridgehead atoms. The molecule has 5 unspecified atom stereocenters. The fraction of sp³-hybridized carbons (Fsp3) is 0.545. The van der Waals surface area contributed by atoms with Gasteiger partial charge in [0.05, 0.1) is 17.2 Å². The molecule has 10 nitrogen and oxygen atoms in total. The van der Waals surface area contributed by atoms with Crippen LogP contribution in [0.2, 0.25) is 0 Å². The summed E-state index contributed by atoms with van der Waals surface area (Å²) in [6.07, 6.45) is -2.01. The first kappa shape index (κ1) is 25.1. The van der Waals surface area contributed by atoms with E-state index in [-0.39, 0.29) is 11.3 Å². The lowest BCUT2D eigenvalue weighted by atomic mass is 9.91. The lowest BCUT2D eigenvalue weighted by Gasteiger charge is -2.25. The van der Waals surface area contributed by atoms with Crippen LogP contribution in [0.15, 0.2) is 18.2 Å². The van der Waals surface area contributed by atoms with E-state index in [0.717, 1.165) is 0 Å². The molecule has 0 spiro atoms. The summed E-state index contributed by atoms with van der Waals surface area (Å²) in [4.78, 5) is 48.9. The molecule has 0 saturated carbocycles. The summed E-state index contributed by atoms with van der Waals surface area (Å²) in [5.74, 6) is -3.50. The third-order valence-electron chi connectivity index (χ3n) is 5.36. The van der Waals surface area contributed by atoms with Gasteiger partial charge in [-0.15, -0.1) is 0 Å². The monoisotopic (exact) mass is 450 g/mol. The average molecular weight is 450 g/mol. The fourth-order valence-corrected chi connectivity index (χ4v) is 3.43. The third kappa shape index (κ3) is 5.97. The second-order valence-electron chi connectivity index (χ2n) is 8.27. The number of carbonyl (C=O) groups excluding carboxylic acids is 4. The number of phenols is 1. The zero-order valence-electron chi connectivity index (χ0n) is 18.5. The summed E-state index contributed by atoms with van der Waals surface area (Å²) in [6, 6.07) is 2.74. The van der Waals surface area contributed by atoms with Crippen LogP contribution in [0.3, 0.4) is 0 Å². The van der Waals surface area contributed by atoms with Crippen LogP contribution in [0, 0.1) is 11.8 Å². The summed E-state index contributed by atoms with van der Waals surface area (Å²) >= 11 is 0. The predicted octanol–water partition coefficient (Wildman–Crippen LogP) is 1.35. The van der Waals surface area contributed by atoms with Crippen molar-refractivity contribution in [3.05, 3.63) is 23.8 Å². The Kier molecular flexibility index (Phi) is 8.59. The molecule has 1 fully saturated rings. The van der Waals surface area contributed by atoms with Crippen LogP contribution in [0.5, 0.6) is 5.75 Å². The van der Waals surface area contributed by atoms with Gasteiger partial charge in [-0.1, -0.05) is 26.3 Å². The van der Waals surface area contributed by atoms with Gasteiger partial charge in [0.1, 0.15) is 18.3 Å². The van der Waals surface area contributed by atoms with Crippen molar-refractivity contribution < 1.29 is 38.9 Å². The highest BCUT2D eigenvalue weighted by Gasteiger charge is 2.41. The number of aliphatic hydroxyl groups excluding tert-OH is 1. The number of carbonyl (C=O) groups is 4. The Morgan fingerprint density at radius 3 is 2.44 bits per heavy atom. The minimum Gasteiger partial charge on any atom is -0.505 e.